The molecule has 0 spiro atoms. The average Bonchev–Trinajstić information content (AvgIpc) is 3.08. The van der Waals surface area contributed by atoms with Crippen molar-refractivity contribution < 1.29 is 45.6 Å². The number of hydrogen-bond acceptors (Lipinski definition) is 14. The summed E-state index contributed by atoms with van der Waals surface area (Å²) in [6.45, 7) is 5.46. The fourth-order valence-corrected chi connectivity index (χ4v) is 4.38. The van der Waals surface area contributed by atoms with Crippen molar-refractivity contribution in [1.29, 1.82) is 0 Å². The summed E-state index contributed by atoms with van der Waals surface area (Å²) in [5, 5.41) is 26.9. The van der Waals surface area contributed by atoms with E-state index in [2.05, 4.69) is 40.9 Å². The van der Waals surface area contributed by atoms with Gasteiger partial charge in [-0.15, -0.1) is 30.9 Å². The van der Waals surface area contributed by atoms with Crippen LogP contribution in [0.4, 0.5) is 0 Å². The number of aromatic nitrogens is 2. The van der Waals surface area contributed by atoms with Gasteiger partial charge in [-0.1, -0.05) is 64.6 Å². The summed E-state index contributed by atoms with van der Waals surface area (Å²) in [7, 11) is 0. The molecule has 0 fully saturated rings. The number of hydrogen-bond donors (Lipinski definition) is 0. The predicted octanol–water partition coefficient (Wildman–Crippen LogP) is 4.19. The third-order valence-electron chi connectivity index (χ3n) is 7.00. The molecule has 5 rings (SSSR count). The Balaban J connectivity index is 0.00000552. The van der Waals surface area contributed by atoms with Gasteiger partial charge in [-0.2, -0.15) is 0 Å². The monoisotopic (exact) mass is 660 g/mol. The van der Waals surface area contributed by atoms with Crippen molar-refractivity contribution in [2.75, 3.05) is 0 Å². The van der Waals surface area contributed by atoms with E-state index in [-0.39, 0.29) is 17.1 Å². The zero-order valence-electron chi connectivity index (χ0n) is 26.4. The van der Waals surface area contributed by atoms with Crippen LogP contribution in [0.15, 0.2) is 80.0 Å². The summed E-state index contributed by atoms with van der Waals surface area (Å²) in [6.07, 6.45) is 8.89. The van der Waals surface area contributed by atoms with Gasteiger partial charge >= 0.3 is 30.6 Å². The van der Waals surface area contributed by atoms with Gasteiger partial charge in [-0.25, -0.2) is 0 Å². The van der Waals surface area contributed by atoms with Gasteiger partial charge in [0, 0.05) is 24.8 Å². The van der Waals surface area contributed by atoms with Crippen LogP contribution in [0.1, 0.15) is 80.1 Å². The van der Waals surface area contributed by atoms with Crippen LogP contribution in [0.25, 0.3) is 0 Å². The molecule has 14 nitrogen and oxygen atoms in total. The van der Waals surface area contributed by atoms with E-state index in [9.17, 15) is 0 Å². The summed E-state index contributed by atoms with van der Waals surface area (Å²) in [4.78, 5) is 8.51. The molecule has 3 aliphatic heterocycles. The summed E-state index contributed by atoms with van der Waals surface area (Å²) in [5.74, 6) is 0. The molecule has 2 bridgehead atoms. The Bertz CT molecular complexity index is 1240. The standard InChI is InChI=1S/C28H38B2N8O6.Fe/c1-7-23-24(8-2)34-40-30(22-16-14-18-32-20-22)43-37-27(11-5)25(9-3)35-41-29(39-33-23,21-15-13-17-31-19-21)42-36-26(10-4)28(12-6)38-44-30;/h13-20H,7-12H2,1-6H3;/q-2;+2/b33-23+,34-24+,35-25+,36-26+,37-27+,38-28+;. The second-order valence-electron chi connectivity index (χ2n) is 9.84. The van der Waals surface area contributed by atoms with Crippen LogP contribution in [0.3, 0.4) is 0 Å². The zero-order valence-corrected chi connectivity index (χ0v) is 27.5. The fraction of sp³-hybridized carbons (Fsp3) is 0.429. The molecule has 2 aromatic heterocycles. The van der Waals surface area contributed by atoms with Gasteiger partial charge in [0.1, 0.15) is 0 Å². The fourth-order valence-electron chi connectivity index (χ4n) is 4.38. The minimum Gasteiger partial charge on any atom is -0.536 e. The van der Waals surface area contributed by atoms with Crippen molar-refractivity contribution in [2.24, 2.45) is 30.9 Å². The topological polar surface area (TPSA) is 155 Å². The van der Waals surface area contributed by atoms with E-state index in [0.29, 0.717) is 83.7 Å². The molecule has 17 heteroatoms. The predicted molar refractivity (Wildman–Crippen MR) is 172 cm³/mol. The number of rotatable bonds is 8. The molecule has 0 amide bonds. The van der Waals surface area contributed by atoms with E-state index in [1.54, 1.807) is 49.1 Å². The largest absolute Gasteiger partial charge is 2.00 e. The van der Waals surface area contributed by atoms with Crippen LogP contribution in [-0.4, -0.2) is 57.7 Å². The molecule has 0 aromatic carbocycles. The van der Waals surface area contributed by atoms with Crippen molar-refractivity contribution in [3.8, 4) is 0 Å². The van der Waals surface area contributed by atoms with Gasteiger partial charge in [0.25, 0.3) is 0 Å². The normalized spacial score (nSPS) is 29.1. The van der Waals surface area contributed by atoms with Gasteiger partial charge in [0.05, 0.1) is 34.3 Å². The van der Waals surface area contributed by atoms with Crippen LogP contribution < -0.4 is 10.9 Å². The van der Waals surface area contributed by atoms with Crippen LogP contribution in [-0.2, 0) is 45.6 Å². The van der Waals surface area contributed by atoms with E-state index < -0.39 is 13.5 Å². The number of nitrogens with zero attached hydrogens (tertiary/aromatic N) is 8. The Morgan fingerprint density at radius 3 is 0.867 bits per heavy atom. The molecule has 0 radical (unpaired) electrons. The SMILES string of the molecule is CCC1=N\O[B-]2(c3cccnc3)O/N=C(CC)/C(CC)=N/O[B-](c3cccnc3)(O\N=C\1CC)O/N=C(CC)/C(CC)=N/O2.[Fe+2]. The maximum Gasteiger partial charge on any atom is 2.00 e. The van der Waals surface area contributed by atoms with Crippen molar-refractivity contribution in [3.63, 3.8) is 0 Å². The van der Waals surface area contributed by atoms with E-state index in [1.807, 2.05) is 41.5 Å². The Kier molecular flexibility index (Phi) is 13.1. The minimum absolute atomic E-state index is 0. The quantitative estimate of drug-likeness (QED) is 0.382. The maximum atomic E-state index is 6.19. The Hall–Kier alpha value is -4.23. The first-order valence-corrected chi connectivity index (χ1v) is 15.1. The van der Waals surface area contributed by atoms with Crippen LogP contribution >= 0.6 is 0 Å². The van der Waals surface area contributed by atoms with E-state index in [1.165, 1.54) is 0 Å². The first kappa shape index (κ1) is 35.3. The number of pyridine rings is 2. The molecule has 2 aromatic rings. The molecule has 5 heterocycles. The van der Waals surface area contributed by atoms with E-state index in [0.717, 1.165) is 0 Å². The maximum absolute atomic E-state index is 6.19. The molecule has 0 N–H and O–H groups in total. The molecule has 0 unspecified atom stereocenters. The zero-order chi connectivity index (χ0) is 31.4. The smallest absolute Gasteiger partial charge is 0.536 e. The van der Waals surface area contributed by atoms with Crippen LogP contribution in [0, 0.1) is 0 Å². The number of oxime groups is 6. The second-order valence-corrected chi connectivity index (χ2v) is 9.84. The summed E-state index contributed by atoms with van der Waals surface area (Å²) in [6, 6.07) is 6.93. The third-order valence-corrected chi connectivity index (χ3v) is 7.00. The molecular weight excluding hydrogens is 622 g/mol. The average molecular weight is 660 g/mol. The van der Waals surface area contributed by atoms with Crippen LogP contribution in [0.2, 0.25) is 0 Å². The molecule has 3 aliphatic rings. The Morgan fingerprint density at radius 2 is 0.689 bits per heavy atom. The van der Waals surface area contributed by atoms with Gasteiger partial charge in [0.15, 0.2) is 0 Å². The summed E-state index contributed by atoms with van der Waals surface area (Å²) < 4.78 is 37.1. The molecular formula is C28H38B2FeN8O6. The molecule has 45 heavy (non-hydrogen) atoms. The first-order chi connectivity index (χ1) is 21.5. The van der Waals surface area contributed by atoms with Gasteiger partial charge in [0.2, 0.25) is 0 Å². The Labute approximate surface area is 273 Å². The first-order valence-electron chi connectivity index (χ1n) is 15.1. The summed E-state index contributed by atoms with van der Waals surface area (Å²) >= 11 is 0. The minimum atomic E-state index is -2.99. The van der Waals surface area contributed by atoms with Crippen molar-refractivity contribution in [1.82, 2.24) is 9.97 Å². The summed E-state index contributed by atoms with van der Waals surface area (Å²) in [5.41, 5.74) is 3.54. The molecule has 0 atom stereocenters. The molecule has 0 saturated carbocycles. The van der Waals surface area contributed by atoms with Crippen molar-refractivity contribution in [2.45, 2.75) is 80.1 Å². The Morgan fingerprint density at radius 1 is 0.444 bits per heavy atom. The number of fused-ring (bicyclic) bond motifs is 9. The van der Waals surface area contributed by atoms with Crippen molar-refractivity contribution in [3.05, 3.63) is 49.1 Å². The van der Waals surface area contributed by atoms with Crippen LogP contribution in [0.5, 0.6) is 0 Å². The van der Waals surface area contributed by atoms with E-state index >= 15 is 0 Å². The van der Waals surface area contributed by atoms with Gasteiger partial charge in [-0.05, 0) is 50.7 Å². The molecule has 0 aliphatic carbocycles. The second kappa shape index (κ2) is 16.7. The van der Waals surface area contributed by atoms with Crippen molar-refractivity contribution >= 4 is 58.7 Å². The molecule has 240 valence electrons. The van der Waals surface area contributed by atoms with Gasteiger partial charge in [-0.3, -0.25) is 9.97 Å². The van der Waals surface area contributed by atoms with E-state index in [4.69, 9.17) is 28.5 Å². The molecule has 0 saturated heterocycles. The van der Waals surface area contributed by atoms with Gasteiger partial charge < -0.3 is 28.5 Å². The third kappa shape index (κ3) is 8.08.